The first kappa shape index (κ1) is 10.7. The molecule has 0 atom stereocenters. The van der Waals surface area contributed by atoms with Crippen molar-refractivity contribution >= 4 is 5.82 Å². The molecule has 0 fully saturated rings. The molecular formula is C12H15N3O. The average molecular weight is 217 g/mol. The van der Waals surface area contributed by atoms with Gasteiger partial charge in [-0.05, 0) is 19.4 Å². The molecule has 84 valence electrons. The zero-order chi connectivity index (χ0) is 11.5. The third kappa shape index (κ3) is 1.78. The minimum Gasteiger partial charge on any atom is -0.472 e. The van der Waals surface area contributed by atoms with Crippen molar-refractivity contribution in [1.82, 2.24) is 9.97 Å². The number of anilines is 1. The quantitative estimate of drug-likeness (QED) is 0.858. The standard InChI is InChI=1S/C12H15N3O/c1-4-10-8(2)11(13-3)15-12(14-10)9-5-6-16-7-9/h5-7H,4H2,1-3H3,(H,13,14,15). The second kappa shape index (κ2) is 4.35. The maximum Gasteiger partial charge on any atom is 0.165 e. The molecule has 16 heavy (non-hydrogen) atoms. The van der Waals surface area contributed by atoms with Gasteiger partial charge in [-0.3, -0.25) is 0 Å². The molecule has 4 nitrogen and oxygen atoms in total. The molecule has 2 aromatic heterocycles. The third-order valence-electron chi connectivity index (χ3n) is 2.60. The number of aryl methyl sites for hydroxylation is 1. The summed E-state index contributed by atoms with van der Waals surface area (Å²) in [6.45, 7) is 4.12. The van der Waals surface area contributed by atoms with Gasteiger partial charge >= 0.3 is 0 Å². The molecule has 2 rings (SSSR count). The summed E-state index contributed by atoms with van der Waals surface area (Å²) in [6.07, 6.45) is 4.18. The first-order valence-corrected chi connectivity index (χ1v) is 5.34. The van der Waals surface area contributed by atoms with Crippen LogP contribution in [0.2, 0.25) is 0 Å². The molecule has 0 bridgehead atoms. The van der Waals surface area contributed by atoms with Gasteiger partial charge in [-0.15, -0.1) is 0 Å². The van der Waals surface area contributed by atoms with E-state index in [2.05, 4.69) is 22.2 Å². The summed E-state index contributed by atoms with van der Waals surface area (Å²) in [5.74, 6) is 1.59. The minimum absolute atomic E-state index is 0.709. The van der Waals surface area contributed by atoms with Crippen molar-refractivity contribution in [1.29, 1.82) is 0 Å². The van der Waals surface area contributed by atoms with Crippen LogP contribution in [0.4, 0.5) is 5.82 Å². The van der Waals surface area contributed by atoms with E-state index in [-0.39, 0.29) is 0 Å². The fourth-order valence-electron chi connectivity index (χ4n) is 1.67. The summed E-state index contributed by atoms with van der Waals surface area (Å²) in [6, 6.07) is 1.86. The topological polar surface area (TPSA) is 51.0 Å². The molecule has 0 amide bonds. The number of nitrogens with zero attached hydrogens (tertiary/aromatic N) is 2. The maximum atomic E-state index is 5.05. The van der Waals surface area contributed by atoms with E-state index in [1.165, 1.54) is 0 Å². The van der Waals surface area contributed by atoms with Crippen molar-refractivity contribution < 1.29 is 4.42 Å². The molecular weight excluding hydrogens is 202 g/mol. The summed E-state index contributed by atoms with van der Waals surface area (Å²) in [5, 5.41) is 3.09. The van der Waals surface area contributed by atoms with Crippen LogP contribution in [0.1, 0.15) is 18.2 Å². The average Bonchev–Trinajstić information content (AvgIpc) is 2.83. The minimum atomic E-state index is 0.709. The van der Waals surface area contributed by atoms with Gasteiger partial charge in [-0.2, -0.15) is 0 Å². The van der Waals surface area contributed by atoms with Crippen LogP contribution >= 0.6 is 0 Å². The van der Waals surface area contributed by atoms with Gasteiger partial charge in [0.1, 0.15) is 12.1 Å². The van der Waals surface area contributed by atoms with Crippen molar-refractivity contribution in [2.45, 2.75) is 20.3 Å². The number of hydrogen-bond donors (Lipinski definition) is 1. The molecule has 0 unspecified atom stereocenters. The second-order valence-electron chi connectivity index (χ2n) is 3.58. The molecule has 0 saturated heterocycles. The van der Waals surface area contributed by atoms with Crippen LogP contribution in [0, 0.1) is 6.92 Å². The van der Waals surface area contributed by atoms with Crippen LogP contribution < -0.4 is 5.32 Å². The van der Waals surface area contributed by atoms with E-state index in [0.29, 0.717) is 5.82 Å². The highest BCUT2D eigenvalue weighted by Crippen LogP contribution is 2.22. The van der Waals surface area contributed by atoms with Gasteiger partial charge in [0.2, 0.25) is 0 Å². The summed E-state index contributed by atoms with van der Waals surface area (Å²) in [5.41, 5.74) is 3.08. The van der Waals surface area contributed by atoms with Crippen LogP contribution in [-0.2, 0) is 6.42 Å². The molecule has 0 aliphatic rings. The molecule has 2 heterocycles. The fraction of sp³-hybridized carbons (Fsp3) is 0.333. The molecule has 0 saturated carbocycles. The monoisotopic (exact) mass is 217 g/mol. The van der Waals surface area contributed by atoms with Gasteiger partial charge in [0.25, 0.3) is 0 Å². The van der Waals surface area contributed by atoms with Gasteiger partial charge in [0, 0.05) is 18.3 Å². The molecule has 4 heteroatoms. The lowest BCUT2D eigenvalue weighted by molar-refractivity contribution is 0.568. The Morgan fingerprint density at radius 2 is 2.19 bits per heavy atom. The summed E-state index contributed by atoms with van der Waals surface area (Å²) >= 11 is 0. The van der Waals surface area contributed by atoms with Crippen LogP contribution in [0.3, 0.4) is 0 Å². The van der Waals surface area contributed by atoms with E-state index in [0.717, 1.165) is 29.1 Å². The van der Waals surface area contributed by atoms with Crippen LogP contribution in [-0.4, -0.2) is 17.0 Å². The molecule has 2 aromatic rings. The number of nitrogens with one attached hydrogen (secondary N) is 1. The predicted octanol–water partition coefficient (Wildman–Crippen LogP) is 2.65. The SMILES string of the molecule is CCc1nc(-c2ccoc2)nc(NC)c1C. The molecule has 0 spiro atoms. The van der Waals surface area contributed by atoms with E-state index in [9.17, 15) is 0 Å². The van der Waals surface area contributed by atoms with Crippen LogP contribution in [0.5, 0.6) is 0 Å². The molecule has 0 aromatic carbocycles. The third-order valence-corrected chi connectivity index (χ3v) is 2.60. The Kier molecular flexibility index (Phi) is 2.90. The number of aromatic nitrogens is 2. The Morgan fingerprint density at radius 3 is 2.75 bits per heavy atom. The fourth-order valence-corrected chi connectivity index (χ4v) is 1.67. The van der Waals surface area contributed by atoms with Crippen LogP contribution in [0.15, 0.2) is 23.0 Å². The molecule has 0 aliphatic carbocycles. The van der Waals surface area contributed by atoms with E-state index < -0.39 is 0 Å². The molecule has 1 N–H and O–H groups in total. The van der Waals surface area contributed by atoms with E-state index >= 15 is 0 Å². The summed E-state index contributed by atoms with van der Waals surface area (Å²) < 4.78 is 5.05. The first-order chi connectivity index (χ1) is 7.76. The number of hydrogen-bond acceptors (Lipinski definition) is 4. The lowest BCUT2D eigenvalue weighted by Gasteiger charge is -2.10. The van der Waals surface area contributed by atoms with Gasteiger partial charge in [0.15, 0.2) is 5.82 Å². The Morgan fingerprint density at radius 1 is 1.38 bits per heavy atom. The first-order valence-electron chi connectivity index (χ1n) is 5.34. The van der Waals surface area contributed by atoms with Gasteiger partial charge < -0.3 is 9.73 Å². The highest BCUT2D eigenvalue weighted by Gasteiger charge is 2.10. The Bertz CT molecular complexity index is 452. The van der Waals surface area contributed by atoms with E-state index in [1.807, 2.05) is 20.0 Å². The van der Waals surface area contributed by atoms with Crippen molar-refractivity contribution in [3.05, 3.63) is 29.9 Å². The summed E-state index contributed by atoms with van der Waals surface area (Å²) in [4.78, 5) is 8.99. The highest BCUT2D eigenvalue weighted by molar-refractivity contribution is 5.58. The van der Waals surface area contributed by atoms with Crippen molar-refractivity contribution in [2.24, 2.45) is 0 Å². The highest BCUT2D eigenvalue weighted by atomic mass is 16.3. The predicted molar refractivity (Wildman–Crippen MR) is 63.4 cm³/mol. The largest absolute Gasteiger partial charge is 0.472 e. The number of furan rings is 1. The summed E-state index contributed by atoms with van der Waals surface area (Å²) in [7, 11) is 1.87. The van der Waals surface area contributed by atoms with Crippen molar-refractivity contribution in [2.75, 3.05) is 12.4 Å². The molecule has 0 aliphatic heterocycles. The second-order valence-corrected chi connectivity index (χ2v) is 3.58. The lowest BCUT2D eigenvalue weighted by atomic mass is 10.2. The normalized spacial score (nSPS) is 10.4. The number of rotatable bonds is 3. The van der Waals surface area contributed by atoms with Crippen LogP contribution in [0.25, 0.3) is 11.4 Å². The van der Waals surface area contributed by atoms with Crippen molar-refractivity contribution in [3.8, 4) is 11.4 Å². The van der Waals surface area contributed by atoms with Gasteiger partial charge in [-0.1, -0.05) is 6.92 Å². The Labute approximate surface area is 94.7 Å². The molecule has 0 radical (unpaired) electrons. The van der Waals surface area contributed by atoms with E-state index in [1.54, 1.807) is 12.5 Å². The van der Waals surface area contributed by atoms with Crippen molar-refractivity contribution in [3.63, 3.8) is 0 Å². The van der Waals surface area contributed by atoms with Gasteiger partial charge in [0.05, 0.1) is 11.8 Å². The smallest absolute Gasteiger partial charge is 0.165 e. The van der Waals surface area contributed by atoms with E-state index in [4.69, 9.17) is 4.42 Å². The zero-order valence-electron chi connectivity index (χ0n) is 9.74. The maximum absolute atomic E-state index is 5.05. The Balaban J connectivity index is 2.56. The Hall–Kier alpha value is -1.84. The zero-order valence-corrected chi connectivity index (χ0v) is 9.74. The lowest BCUT2D eigenvalue weighted by Crippen LogP contribution is -2.04. The van der Waals surface area contributed by atoms with Gasteiger partial charge in [-0.25, -0.2) is 9.97 Å².